The maximum atomic E-state index is 11.6. The molecule has 1 aromatic rings. The van der Waals surface area contributed by atoms with Crippen molar-refractivity contribution in [2.24, 2.45) is 5.92 Å². The molecule has 0 radical (unpaired) electrons. The Labute approximate surface area is 118 Å². The Bertz CT molecular complexity index is 447. The van der Waals surface area contributed by atoms with Gasteiger partial charge in [-0.3, -0.25) is 4.79 Å². The molecule has 0 aromatic heterocycles. The third kappa shape index (κ3) is 4.40. The molecule has 1 aliphatic carbocycles. The molecule has 5 heteroatoms. The Kier molecular flexibility index (Phi) is 5.05. The fourth-order valence-electron chi connectivity index (χ4n) is 1.85. The third-order valence-electron chi connectivity index (χ3n) is 3.17. The highest BCUT2D eigenvalue weighted by Gasteiger charge is 2.21. The van der Waals surface area contributed by atoms with E-state index >= 15 is 0 Å². The van der Waals surface area contributed by atoms with E-state index in [4.69, 9.17) is 16.3 Å². The molecule has 1 aromatic carbocycles. The molecule has 0 aliphatic heterocycles. The number of rotatable bonds is 7. The standard InChI is InChI=1S/C14H19ClN2O2/c1-19-13-4-2-3-12(15)11(13)8-16-9-14(18)17-7-10-5-6-10/h2-4,10,16H,5-9H2,1H3,(H,17,18). The summed E-state index contributed by atoms with van der Waals surface area (Å²) < 4.78 is 5.25. The molecule has 1 fully saturated rings. The number of ether oxygens (including phenoxy) is 1. The lowest BCUT2D eigenvalue weighted by Crippen LogP contribution is -2.34. The van der Waals surface area contributed by atoms with Crippen molar-refractivity contribution in [2.45, 2.75) is 19.4 Å². The topological polar surface area (TPSA) is 50.4 Å². The van der Waals surface area contributed by atoms with Gasteiger partial charge in [-0.1, -0.05) is 17.7 Å². The molecule has 2 rings (SSSR count). The number of benzene rings is 1. The summed E-state index contributed by atoms with van der Waals surface area (Å²) in [6, 6.07) is 5.51. The predicted molar refractivity (Wildman–Crippen MR) is 75.4 cm³/mol. The fourth-order valence-corrected chi connectivity index (χ4v) is 2.08. The average Bonchev–Trinajstić information content (AvgIpc) is 3.22. The zero-order valence-corrected chi connectivity index (χ0v) is 11.8. The van der Waals surface area contributed by atoms with Gasteiger partial charge in [0.05, 0.1) is 13.7 Å². The molecule has 0 atom stereocenters. The van der Waals surface area contributed by atoms with Crippen molar-refractivity contribution in [3.63, 3.8) is 0 Å². The SMILES string of the molecule is COc1cccc(Cl)c1CNCC(=O)NCC1CC1. The summed E-state index contributed by atoms with van der Waals surface area (Å²) in [6.45, 7) is 1.61. The van der Waals surface area contributed by atoms with E-state index in [-0.39, 0.29) is 5.91 Å². The van der Waals surface area contributed by atoms with E-state index in [0.717, 1.165) is 17.9 Å². The van der Waals surface area contributed by atoms with Crippen molar-refractivity contribution < 1.29 is 9.53 Å². The zero-order chi connectivity index (χ0) is 13.7. The maximum absolute atomic E-state index is 11.6. The molecule has 19 heavy (non-hydrogen) atoms. The summed E-state index contributed by atoms with van der Waals surface area (Å²) in [4.78, 5) is 11.6. The van der Waals surface area contributed by atoms with Gasteiger partial charge in [-0.2, -0.15) is 0 Å². The van der Waals surface area contributed by atoms with Gasteiger partial charge in [0.2, 0.25) is 5.91 Å². The summed E-state index contributed by atoms with van der Waals surface area (Å²) in [7, 11) is 1.61. The fraction of sp³-hybridized carbons (Fsp3) is 0.500. The van der Waals surface area contributed by atoms with Crippen LogP contribution in [-0.2, 0) is 11.3 Å². The quantitative estimate of drug-likeness (QED) is 0.804. The molecule has 0 spiro atoms. The highest BCUT2D eigenvalue weighted by molar-refractivity contribution is 6.31. The lowest BCUT2D eigenvalue weighted by Gasteiger charge is -2.11. The molecular formula is C14H19ClN2O2. The second kappa shape index (κ2) is 6.78. The van der Waals surface area contributed by atoms with Crippen LogP contribution in [0.3, 0.4) is 0 Å². The molecule has 0 saturated heterocycles. The van der Waals surface area contributed by atoms with Crippen LogP contribution >= 0.6 is 11.6 Å². The van der Waals surface area contributed by atoms with Crippen LogP contribution in [0.25, 0.3) is 0 Å². The Morgan fingerprint density at radius 2 is 2.26 bits per heavy atom. The minimum Gasteiger partial charge on any atom is -0.496 e. The van der Waals surface area contributed by atoms with E-state index in [2.05, 4.69) is 10.6 Å². The van der Waals surface area contributed by atoms with Gasteiger partial charge in [0.15, 0.2) is 0 Å². The van der Waals surface area contributed by atoms with Gasteiger partial charge >= 0.3 is 0 Å². The van der Waals surface area contributed by atoms with Gasteiger partial charge in [-0.15, -0.1) is 0 Å². The number of hydrogen-bond donors (Lipinski definition) is 2. The first-order valence-electron chi connectivity index (χ1n) is 6.49. The van der Waals surface area contributed by atoms with Gasteiger partial charge in [-0.25, -0.2) is 0 Å². The van der Waals surface area contributed by atoms with Crippen molar-refractivity contribution in [1.29, 1.82) is 0 Å². The molecule has 4 nitrogen and oxygen atoms in total. The van der Waals surface area contributed by atoms with Crippen LogP contribution in [0.1, 0.15) is 18.4 Å². The summed E-state index contributed by atoms with van der Waals surface area (Å²) in [5.41, 5.74) is 0.877. The van der Waals surface area contributed by atoms with Crippen molar-refractivity contribution >= 4 is 17.5 Å². The third-order valence-corrected chi connectivity index (χ3v) is 3.52. The number of amides is 1. The Morgan fingerprint density at radius 1 is 1.47 bits per heavy atom. The van der Waals surface area contributed by atoms with E-state index < -0.39 is 0 Å². The summed E-state index contributed by atoms with van der Waals surface area (Å²) in [6.07, 6.45) is 2.48. The highest BCUT2D eigenvalue weighted by atomic mass is 35.5. The minimum absolute atomic E-state index is 0.0259. The molecule has 104 valence electrons. The first-order valence-corrected chi connectivity index (χ1v) is 6.87. The second-order valence-corrected chi connectivity index (χ2v) is 5.18. The van der Waals surface area contributed by atoms with Crippen LogP contribution in [0, 0.1) is 5.92 Å². The van der Waals surface area contributed by atoms with E-state index in [1.54, 1.807) is 7.11 Å². The van der Waals surface area contributed by atoms with Gasteiger partial charge < -0.3 is 15.4 Å². The second-order valence-electron chi connectivity index (χ2n) is 4.77. The number of methoxy groups -OCH3 is 1. The lowest BCUT2D eigenvalue weighted by atomic mass is 10.2. The normalized spacial score (nSPS) is 14.2. The molecule has 0 heterocycles. The number of hydrogen-bond acceptors (Lipinski definition) is 3. The van der Waals surface area contributed by atoms with Crippen LogP contribution in [0.4, 0.5) is 0 Å². The summed E-state index contributed by atoms with van der Waals surface area (Å²) in [5.74, 6) is 1.46. The number of carbonyl (C=O) groups is 1. The highest BCUT2D eigenvalue weighted by Crippen LogP contribution is 2.27. The Balaban J connectivity index is 1.76. The van der Waals surface area contributed by atoms with Crippen molar-refractivity contribution in [3.05, 3.63) is 28.8 Å². The molecule has 1 saturated carbocycles. The van der Waals surface area contributed by atoms with E-state index in [0.29, 0.717) is 24.0 Å². The first-order chi connectivity index (χ1) is 9.20. The van der Waals surface area contributed by atoms with Crippen LogP contribution in [0.15, 0.2) is 18.2 Å². The number of halogens is 1. The first kappa shape index (κ1) is 14.2. The molecule has 0 bridgehead atoms. The molecule has 2 N–H and O–H groups in total. The van der Waals surface area contributed by atoms with Crippen LogP contribution in [0.2, 0.25) is 5.02 Å². The van der Waals surface area contributed by atoms with Gasteiger partial charge in [0.25, 0.3) is 0 Å². The van der Waals surface area contributed by atoms with Crippen LogP contribution < -0.4 is 15.4 Å². The summed E-state index contributed by atoms with van der Waals surface area (Å²) in [5, 5.41) is 6.64. The number of carbonyl (C=O) groups excluding carboxylic acids is 1. The summed E-state index contributed by atoms with van der Waals surface area (Å²) >= 11 is 6.11. The van der Waals surface area contributed by atoms with Crippen molar-refractivity contribution in [2.75, 3.05) is 20.2 Å². The largest absolute Gasteiger partial charge is 0.496 e. The van der Waals surface area contributed by atoms with Crippen LogP contribution in [-0.4, -0.2) is 26.1 Å². The van der Waals surface area contributed by atoms with E-state index in [1.807, 2.05) is 18.2 Å². The Hall–Kier alpha value is -1.26. The molecular weight excluding hydrogens is 264 g/mol. The van der Waals surface area contributed by atoms with Crippen molar-refractivity contribution in [3.8, 4) is 5.75 Å². The van der Waals surface area contributed by atoms with Gasteiger partial charge in [0, 0.05) is 23.7 Å². The van der Waals surface area contributed by atoms with E-state index in [9.17, 15) is 4.79 Å². The van der Waals surface area contributed by atoms with E-state index in [1.165, 1.54) is 12.8 Å². The zero-order valence-electron chi connectivity index (χ0n) is 11.0. The molecule has 0 unspecified atom stereocenters. The van der Waals surface area contributed by atoms with Gasteiger partial charge in [0.1, 0.15) is 5.75 Å². The van der Waals surface area contributed by atoms with Crippen molar-refractivity contribution in [1.82, 2.24) is 10.6 Å². The van der Waals surface area contributed by atoms with Crippen LogP contribution in [0.5, 0.6) is 5.75 Å². The Morgan fingerprint density at radius 3 is 2.95 bits per heavy atom. The lowest BCUT2D eigenvalue weighted by molar-refractivity contribution is -0.120. The molecule has 1 aliphatic rings. The predicted octanol–water partition coefficient (Wildman–Crippen LogP) is 1.96. The maximum Gasteiger partial charge on any atom is 0.233 e. The number of nitrogens with one attached hydrogen (secondary N) is 2. The molecule has 1 amide bonds. The average molecular weight is 283 g/mol. The monoisotopic (exact) mass is 282 g/mol. The smallest absolute Gasteiger partial charge is 0.233 e. The van der Waals surface area contributed by atoms with Gasteiger partial charge in [-0.05, 0) is 30.9 Å². The minimum atomic E-state index is 0.0259.